The number of hydrogen-bond acceptors (Lipinski definition) is 7. The largest absolute Gasteiger partial charge is 0.484 e. The van der Waals surface area contributed by atoms with Gasteiger partial charge in [-0.1, -0.05) is 11.6 Å². The van der Waals surface area contributed by atoms with Gasteiger partial charge in [-0.15, -0.1) is 11.3 Å². The van der Waals surface area contributed by atoms with Crippen molar-refractivity contribution in [2.24, 2.45) is 5.41 Å². The Hall–Kier alpha value is -2.72. The summed E-state index contributed by atoms with van der Waals surface area (Å²) in [5, 5.41) is 7.48. The number of carbonyl (C=O) groups is 3. The summed E-state index contributed by atoms with van der Waals surface area (Å²) in [6, 6.07) is 3.94. The van der Waals surface area contributed by atoms with Crippen molar-refractivity contribution in [1.82, 2.24) is 10.3 Å². The number of carbonyl (C=O) groups excluding carboxylic acids is 3. The summed E-state index contributed by atoms with van der Waals surface area (Å²) in [7, 11) is 0. The summed E-state index contributed by atoms with van der Waals surface area (Å²) >= 11 is 6.76. The van der Waals surface area contributed by atoms with E-state index < -0.39 is 22.7 Å². The number of benzene rings is 1. The van der Waals surface area contributed by atoms with Crippen LogP contribution in [-0.4, -0.2) is 41.5 Å². The van der Waals surface area contributed by atoms with E-state index in [-0.39, 0.29) is 41.5 Å². The Morgan fingerprint density at radius 2 is 2.03 bits per heavy atom. The molecule has 2 N–H and O–H groups in total. The fourth-order valence-electron chi connectivity index (χ4n) is 4.07. The highest BCUT2D eigenvalue weighted by Gasteiger charge is 2.72. The molecule has 3 saturated carbocycles. The van der Waals surface area contributed by atoms with Gasteiger partial charge in [-0.3, -0.25) is 9.59 Å². The maximum Gasteiger partial charge on any atom is 0.357 e. The van der Waals surface area contributed by atoms with Crippen LogP contribution in [0.25, 0.3) is 0 Å². The quantitative estimate of drug-likeness (QED) is 0.577. The number of halogens is 2. The smallest absolute Gasteiger partial charge is 0.357 e. The highest BCUT2D eigenvalue weighted by Crippen LogP contribution is 2.67. The van der Waals surface area contributed by atoms with E-state index >= 15 is 0 Å². The predicted octanol–water partition coefficient (Wildman–Crippen LogP) is 3.17. The van der Waals surface area contributed by atoms with Crippen LogP contribution >= 0.6 is 22.9 Å². The lowest BCUT2D eigenvalue weighted by Gasteiger charge is -2.68. The number of ether oxygens (including phenoxy) is 2. The van der Waals surface area contributed by atoms with Gasteiger partial charge in [0.15, 0.2) is 17.4 Å². The first-order valence-electron chi connectivity index (χ1n) is 9.57. The summed E-state index contributed by atoms with van der Waals surface area (Å²) in [4.78, 5) is 40.5. The molecule has 0 radical (unpaired) electrons. The summed E-state index contributed by atoms with van der Waals surface area (Å²) < 4.78 is 23.6. The van der Waals surface area contributed by atoms with E-state index in [1.54, 1.807) is 6.92 Å². The summed E-state index contributed by atoms with van der Waals surface area (Å²) in [6.07, 6.45) is 1.55. The minimum atomic E-state index is -0.624. The van der Waals surface area contributed by atoms with Gasteiger partial charge in [-0.2, -0.15) is 0 Å². The van der Waals surface area contributed by atoms with E-state index in [2.05, 4.69) is 15.6 Å². The molecule has 0 aliphatic heterocycles. The third kappa shape index (κ3) is 4.22. The molecule has 0 saturated heterocycles. The molecule has 0 unspecified atom stereocenters. The van der Waals surface area contributed by atoms with Crippen LogP contribution < -0.4 is 15.4 Å². The Morgan fingerprint density at radius 3 is 2.71 bits per heavy atom. The molecule has 0 spiro atoms. The number of anilines is 1. The number of thiazole rings is 1. The Balaban J connectivity index is 1.23. The second-order valence-electron chi connectivity index (χ2n) is 7.72. The average molecular weight is 468 g/mol. The zero-order valence-electron chi connectivity index (χ0n) is 16.5. The lowest BCUT2D eigenvalue weighted by Crippen LogP contribution is -2.78. The molecule has 11 heteroatoms. The molecule has 2 amide bonds. The number of rotatable bonds is 8. The fraction of sp³-hybridized carbons (Fsp3) is 0.400. The molecular formula is C20H19ClFN3O5S. The number of nitrogens with zero attached hydrogens (tertiary/aromatic N) is 1. The molecule has 8 nitrogen and oxygen atoms in total. The Kier molecular flexibility index (Phi) is 5.61. The second kappa shape index (κ2) is 8.08. The van der Waals surface area contributed by atoms with Gasteiger partial charge >= 0.3 is 5.97 Å². The topological polar surface area (TPSA) is 107 Å². The predicted molar refractivity (Wildman–Crippen MR) is 111 cm³/mol. The number of esters is 1. The van der Waals surface area contributed by atoms with E-state index in [1.807, 2.05) is 0 Å². The van der Waals surface area contributed by atoms with Gasteiger partial charge in [-0.05, 0) is 38.3 Å². The molecule has 31 heavy (non-hydrogen) atoms. The van der Waals surface area contributed by atoms with Gasteiger partial charge in [-0.25, -0.2) is 14.2 Å². The van der Waals surface area contributed by atoms with Gasteiger partial charge in [0.2, 0.25) is 5.91 Å². The highest BCUT2D eigenvalue weighted by atomic mass is 35.5. The number of amides is 2. The monoisotopic (exact) mass is 467 g/mol. The van der Waals surface area contributed by atoms with Crippen molar-refractivity contribution in [2.45, 2.75) is 31.7 Å². The third-order valence-electron chi connectivity index (χ3n) is 5.39. The van der Waals surface area contributed by atoms with E-state index in [0.717, 1.165) is 17.4 Å². The van der Waals surface area contributed by atoms with Crippen LogP contribution in [0.5, 0.6) is 5.75 Å². The first-order chi connectivity index (χ1) is 14.7. The fourth-order valence-corrected chi connectivity index (χ4v) is 4.86. The number of hydrogen-bond donors (Lipinski definition) is 2. The second-order valence-corrected chi connectivity index (χ2v) is 8.98. The third-order valence-corrected chi connectivity index (χ3v) is 6.45. The first kappa shape index (κ1) is 21.5. The molecule has 3 aliphatic carbocycles. The van der Waals surface area contributed by atoms with Crippen molar-refractivity contribution < 1.29 is 28.2 Å². The van der Waals surface area contributed by atoms with Crippen LogP contribution in [0.15, 0.2) is 23.6 Å². The highest BCUT2D eigenvalue weighted by molar-refractivity contribution is 7.14. The van der Waals surface area contributed by atoms with Crippen molar-refractivity contribution in [3.05, 3.63) is 40.1 Å². The first-order valence-corrected chi connectivity index (χ1v) is 10.8. The molecular weight excluding hydrogens is 449 g/mol. The van der Waals surface area contributed by atoms with Crippen molar-refractivity contribution in [1.29, 1.82) is 0 Å². The number of aromatic nitrogens is 1. The van der Waals surface area contributed by atoms with Gasteiger partial charge in [0.1, 0.15) is 11.6 Å². The van der Waals surface area contributed by atoms with Crippen LogP contribution in [-0.2, 0) is 14.3 Å². The van der Waals surface area contributed by atoms with Gasteiger partial charge < -0.3 is 20.1 Å². The van der Waals surface area contributed by atoms with Crippen molar-refractivity contribution in [3.8, 4) is 5.75 Å². The normalized spacial score (nSPS) is 23.2. The SMILES string of the molecule is CCOC(=O)c1csc(NC(=O)C23CC(NC(=O)COc4ccc(Cl)c(F)c4)(C2)C3)n1. The minimum Gasteiger partial charge on any atom is -0.484 e. The van der Waals surface area contributed by atoms with Gasteiger partial charge in [0.25, 0.3) is 5.91 Å². The lowest BCUT2D eigenvalue weighted by atomic mass is 9.39. The lowest BCUT2D eigenvalue weighted by molar-refractivity contribution is -0.179. The van der Waals surface area contributed by atoms with Crippen LogP contribution in [0.1, 0.15) is 36.7 Å². The molecule has 2 aromatic rings. The van der Waals surface area contributed by atoms with E-state index in [1.165, 1.54) is 17.5 Å². The van der Waals surface area contributed by atoms with Crippen LogP contribution in [0.2, 0.25) is 5.02 Å². The Labute approximate surface area is 186 Å². The van der Waals surface area contributed by atoms with E-state index in [0.29, 0.717) is 24.4 Å². The van der Waals surface area contributed by atoms with E-state index in [9.17, 15) is 18.8 Å². The number of nitrogens with one attached hydrogen (secondary N) is 2. The zero-order chi connectivity index (χ0) is 22.2. The molecule has 2 bridgehead atoms. The molecule has 3 aliphatic rings. The molecule has 0 atom stereocenters. The molecule has 3 fully saturated rings. The maximum absolute atomic E-state index is 13.4. The summed E-state index contributed by atoms with van der Waals surface area (Å²) in [6.45, 7) is 1.68. The molecule has 1 heterocycles. The summed E-state index contributed by atoms with van der Waals surface area (Å²) in [5.41, 5.74) is -0.797. The molecule has 1 aromatic heterocycles. The van der Waals surface area contributed by atoms with E-state index in [4.69, 9.17) is 21.1 Å². The van der Waals surface area contributed by atoms with Crippen molar-refractivity contribution in [2.75, 3.05) is 18.5 Å². The molecule has 164 valence electrons. The minimum absolute atomic E-state index is 0.0240. The van der Waals surface area contributed by atoms with Crippen LogP contribution in [0.4, 0.5) is 9.52 Å². The van der Waals surface area contributed by atoms with Crippen molar-refractivity contribution in [3.63, 3.8) is 0 Å². The zero-order valence-corrected chi connectivity index (χ0v) is 18.1. The van der Waals surface area contributed by atoms with Crippen molar-refractivity contribution >= 4 is 45.9 Å². The van der Waals surface area contributed by atoms with Crippen LogP contribution in [0.3, 0.4) is 0 Å². The average Bonchev–Trinajstić information content (AvgIpc) is 3.13. The van der Waals surface area contributed by atoms with Gasteiger partial charge in [0.05, 0.1) is 17.0 Å². The maximum atomic E-state index is 13.4. The van der Waals surface area contributed by atoms with Gasteiger partial charge in [0, 0.05) is 17.0 Å². The molecule has 1 aromatic carbocycles. The Bertz CT molecular complexity index is 1040. The van der Waals surface area contributed by atoms with Crippen LogP contribution in [0, 0.1) is 11.2 Å². The molecule has 5 rings (SSSR count). The summed E-state index contributed by atoms with van der Waals surface area (Å²) in [5.74, 6) is -1.47. The Morgan fingerprint density at radius 1 is 1.29 bits per heavy atom. The standard InChI is InChI=1S/C20H19ClFN3O5S/c1-2-29-16(27)14-7-31-18(23-14)24-17(28)19-8-20(9-19,10-19)25-15(26)6-30-11-3-4-12(21)13(22)5-11/h3-5,7H,2,6,8-10H2,1H3,(H,25,26)(H,23,24,28).